The van der Waals surface area contributed by atoms with E-state index in [0.717, 1.165) is 15.9 Å². The Balaban J connectivity index is 2.11. The second-order valence-corrected chi connectivity index (χ2v) is 5.20. The third-order valence-electron chi connectivity index (χ3n) is 2.80. The van der Waals surface area contributed by atoms with Crippen molar-refractivity contribution in [2.75, 3.05) is 12.3 Å². The zero-order valence-corrected chi connectivity index (χ0v) is 11.9. The van der Waals surface area contributed by atoms with Crippen LogP contribution in [-0.2, 0) is 10.6 Å². The molecule has 19 heavy (non-hydrogen) atoms. The zero-order chi connectivity index (χ0) is 13.7. The Morgan fingerprint density at radius 3 is 2.58 bits per heavy atom. The van der Waals surface area contributed by atoms with Crippen LogP contribution in [0.4, 0.5) is 5.69 Å². The maximum atomic E-state index is 9.53. The molecular weight excluding hydrogens is 258 g/mol. The van der Waals surface area contributed by atoms with E-state index in [9.17, 15) is 5.21 Å². The molecular formula is C15H17NO2S. The average Bonchev–Trinajstić information content (AvgIpc) is 2.46. The molecule has 0 aliphatic heterocycles. The van der Waals surface area contributed by atoms with Crippen LogP contribution >= 0.6 is 11.8 Å². The number of thioether (sulfide) groups is 1. The molecule has 0 unspecified atom stereocenters. The summed E-state index contributed by atoms with van der Waals surface area (Å²) in [6.07, 6.45) is 0. The molecule has 0 heterocycles. The van der Waals surface area contributed by atoms with E-state index in [-0.39, 0.29) is 0 Å². The number of hydrogen-bond donors (Lipinski definition) is 1. The number of nitrogens with zero attached hydrogens (tertiary/aromatic N) is 1. The summed E-state index contributed by atoms with van der Waals surface area (Å²) in [4.78, 5) is 5.91. The van der Waals surface area contributed by atoms with Gasteiger partial charge in [-0.25, -0.2) is 0 Å². The molecule has 0 saturated heterocycles. The van der Waals surface area contributed by atoms with Gasteiger partial charge < -0.3 is 0 Å². The van der Waals surface area contributed by atoms with Crippen molar-refractivity contribution in [1.29, 1.82) is 0 Å². The van der Waals surface area contributed by atoms with Crippen LogP contribution in [0.25, 0.3) is 0 Å². The van der Waals surface area contributed by atoms with Crippen molar-refractivity contribution in [3.05, 3.63) is 59.7 Å². The first-order chi connectivity index (χ1) is 9.20. The summed E-state index contributed by atoms with van der Waals surface area (Å²) in [7, 11) is 1.43. The summed E-state index contributed by atoms with van der Waals surface area (Å²) in [5, 5.41) is 10.3. The second-order valence-electron chi connectivity index (χ2n) is 4.18. The Kier molecular flexibility index (Phi) is 4.85. The van der Waals surface area contributed by atoms with Crippen molar-refractivity contribution in [3.63, 3.8) is 0 Å². The molecule has 0 aliphatic carbocycles. The van der Waals surface area contributed by atoms with E-state index >= 15 is 0 Å². The highest BCUT2D eigenvalue weighted by Crippen LogP contribution is 2.29. The minimum atomic E-state index is 0.628. The monoisotopic (exact) mass is 275 g/mol. The SMILES string of the molecule is CON(O)c1ccc(C)c(SCc2ccccc2)c1. The molecule has 2 rings (SSSR count). The van der Waals surface area contributed by atoms with E-state index < -0.39 is 0 Å². The van der Waals surface area contributed by atoms with Crippen LogP contribution in [0.5, 0.6) is 0 Å². The van der Waals surface area contributed by atoms with Gasteiger partial charge in [0.1, 0.15) is 0 Å². The average molecular weight is 275 g/mol. The van der Waals surface area contributed by atoms with Crippen LogP contribution in [-0.4, -0.2) is 12.3 Å². The maximum Gasteiger partial charge on any atom is 0.0956 e. The summed E-state index contributed by atoms with van der Waals surface area (Å²) in [5.41, 5.74) is 3.10. The lowest BCUT2D eigenvalue weighted by Gasteiger charge is -2.15. The lowest BCUT2D eigenvalue weighted by atomic mass is 10.2. The van der Waals surface area contributed by atoms with Gasteiger partial charge in [-0.2, -0.15) is 0 Å². The summed E-state index contributed by atoms with van der Waals surface area (Å²) in [6.45, 7) is 2.06. The molecule has 4 heteroatoms. The summed E-state index contributed by atoms with van der Waals surface area (Å²) < 4.78 is 0. The smallest absolute Gasteiger partial charge is 0.0956 e. The first kappa shape index (κ1) is 13.9. The molecule has 0 fully saturated rings. The maximum absolute atomic E-state index is 9.53. The van der Waals surface area contributed by atoms with Gasteiger partial charge in [0, 0.05) is 10.6 Å². The molecule has 0 saturated carbocycles. The summed E-state index contributed by atoms with van der Waals surface area (Å²) in [6, 6.07) is 16.0. The van der Waals surface area contributed by atoms with Gasteiger partial charge in [-0.15, -0.1) is 17.0 Å². The Labute approximate surface area is 117 Å². The van der Waals surface area contributed by atoms with E-state index in [4.69, 9.17) is 4.84 Å². The fourth-order valence-corrected chi connectivity index (χ4v) is 2.72. The fraction of sp³-hybridized carbons (Fsp3) is 0.200. The number of rotatable bonds is 5. The first-order valence-electron chi connectivity index (χ1n) is 6.01. The van der Waals surface area contributed by atoms with Crippen LogP contribution in [0.3, 0.4) is 0 Å². The van der Waals surface area contributed by atoms with Crippen LogP contribution in [0, 0.1) is 6.92 Å². The van der Waals surface area contributed by atoms with Crippen molar-refractivity contribution in [1.82, 2.24) is 0 Å². The summed E-state index contributed by atoms with van der Waals surface area (Å²) >= 11 is 1.75. The fourth-order valence-electron chi connectivity index (χ4n) is 1.70. The molecule has 2 aromatic carbocycles. The molecule has 100 valence electrons. The molecule has 0 aromatic heterocycles. The highest BCUT2D eigenvalue weighted by molar-refractivity contribution is 7.98. The summed E-state index contributed by atoms with van der Waals surface area (Å²) in [5.74, 6) is 0.906. The second kappa shape index (κ2) is 6.61. The third-order valence-corrected chi connectivity index (χ3v) is 4.03. The van der Waals surface area contributed by atoms with Crippen LogP contribution in [0.15, 0.2) is 53.4 Å². The predicted molar refractivity (Wildman–Crippen MR) is 78.5 cm³/mol. The van der Waals surface area contributed by atoms with Crippen molar-refractivity contribution >= 4 is 17.4 Å². The van der Waals surface area contributed by atoms with Gasteiger partial charge >= 0.3 is 0 Å². The molecule has 0 amide bonds. The minimum absolute atomic E-state index is 0.628. The molecule has 0 atom stereocenters. The molecule has 0 aliphatic rings. The standard InChI is InChI=1S/C15H17NO2S/c1-12-8-9-14(16(17)18-2)10-15(12)19-11-13-6-4-3-5-7-13/h3-10,17H,11H2,1-2H3. The number of anilines is 1. The minimum Gasteiger partial charge on any atom is -0.264 e. The van der Waals surface area contributed by atoms with E-state index in [1.54, 1.807) is 11.8 Å². The Bertz CT molecular complexity index is 531. The molecule has 0 radical (unpaired) electrons. The first-order valence-corrected chi connectivity index (χ1v) is 7.00. The van der Waals surface area contributed by atoms with Crippen LogP contribution < -0.4 is 5.23 Å². The van der Waals surface area contributed by atoms with Gasteiger partial charge in [0.05, 0.1) is 12.8 Å². The lowest BCUT2D eigenvalue weighted by molar-refractivity contribution is -0.0110. The number of benzene rings is 2. The van der Waals surface area contributed by atoms with Crippen molar-refractivity contribution in [2.24, 2.45) is 0 Å². The van der Waals surface area contributed by atoms with Crippen LogP contribution in [0.1, 0.15) is 11.1 Å². The predicted octanol–water partition coefficient (Wildman–Crippen LogP) is 4.04. The van der Waals surface area contributed by atoms with Crippen molar-refractivity contribution < 1.29 is 10.0 Å². The van der Waals surface area contributed by atoms with Crippen molar-refractivity contribution in [3.8, 4) is 0 Å². The Morgan fingerprint density at radius 1 is 1.16 bits per heavy atom. The lowest BCUT2D eigenvalue weighted by Crippen LogP contribution is -2.15. The van der Waals surface area contributed by atoms with Gasteiger partial charge in [-0.05, 0) is 30.2 Å². The Morgan fingerprint density at radius 2 is 1.89 bits per heavy atom. The third kappa shape index (κ3) is 3.73. The van der Waals surface area contributed by atoms with Gasteiger partial charge in [0.25, 0.3) is 0 Å². The van der Waals surface area contributed by atoms with Gasteiger partial charge in [0.15, 0.2) is 0 Å². The van der Waals surface area contributed by atoms with E-state index in [2.05, 4.69) is 19.1 Å². The highest BCUT2D eigenvalue weighted by atomic mass is 32.2. The van der Waals surface area contributed by atoms with E-state index in [0.29, 0.717) is 5.69 Å². The van der Waals surface area contributed by atoms with Gasteiger partial charge in [0.2, 0.25) is 0 Å². The van der Waals surface area contributed by atoms with E-state index in [1.165, 1.54) is 18.2 Å². The largest absolute Gasteiger partial charge is 0.264 e. The number of hydrogen-bond acceptors (Lipinski definition) is 4. The number of aryl methyl sites for hydroxylation is 1. The zero-order valence-electron chi connectivity index (χ0n) is 11.0. The normalized spacial score (nSPS) is 10.5. The van der Waals surface area contributed by atoms with Gasteiger partial charge in [-0.1, -0.05) is 36.4 Å². The highest BCUT2D eigenvalue weighted by Gasteiger charge is 2.06. The Hall–Kier alpha value is -1.49. The molecule has 3 nitrogen and oxygen atoms in total. The van der Waals surface area contributed by atoms with E-state index in [1.807, 2.05) is 36.4 Å². The molecule has 1 N–H and O–H groups in total. The topological polar surface area (TPSA) is 32.7 Å². The molecule has 0 bridgehead atoms. The quantitative estimate of drug-likeness (QED) is 0.659. The molecule has 2 aromatic rings. The molecule has 0 spiro atoms. The van der Waals surface area contributed by atoms with Crippen molar-refractivity contribution in [2.45, 2.75) is 17.6 Å². The van der Waals surface area contributed by atoms with Gasteiger partial charge in [-0.3, -0.25) is 10.0 Å². The van der Waals surface area contributed by atoms with Crippen LogP contribution in [0.2, 0.25) is 0 Å².